The molecule has 19 heavy (non-hydrogen) atoms. The van der Waals surface area contributed by atoms with Crippen molar-refractivity contribution in [3.8, 4) is 0 Å². The van der Waals surface area contributed by atoms with Crippen LogP contribution in [0, 0.1) is 5.41 Å². The molecule has 0 saturated carbocycles. The van der Waals surface area contributed by atoms with Gasteiger partial charge in [-0.05, 0) is 30.0 Å². The van der Waals surface area contributed by atoms with Crippen molar-refractivity contribution in [3.05, 3.63) is 29.8 Å². The predicted octanol–water partition coefficient (Wildman–Crippen LogP) is 2.39. The summed E-state index contributed by atoms with van der Waals surface area (Å²) >= 11 is 0. The number of carbonyl (C=O) groups excluding carboxylic acids is 2. The lowest BCUT2D eigenvalue weighted by molar-refractivity contribution is -0.132. The highest BCUT2D eigenvalue weighted by atomic mass is 16.2. The number of imide groups is 1. The minimum Gasteiger partial charge on any atom is -0.324 e. The summed E-state index contributed by atoms with van der Waals surface area (Å²) in [7, 11) is 0. The lowest BCUT2D eigenvalue weighted by Crippen LogP contribution is -2.46. The van der Waals surface area contributed by atoms with Gasteiger partial charge in [0.2, 0.25) is 11.8 Å². The zero-order valence-corrected chi connectivity index (χ0v) is 11.6. The average molecular weight is 260 g/mol. The zero-order valence-electron chi connectivity index (χ0n) is 11.6. The maximum Gasteiger partial charge on any atom is 0.234 e. The van der Waals surface area contributed by atoms with E-state index < -0.39 is 0 Å². The van der Waals surface area contributed by atoms with Gasteiger partial charge in [-0.25, -0.2) is 0 Å². The van der Waals surface area contributed by atoms with E-state index in [1.54, 1.807) is 6.07 Å². The summed E-state index contributed by atoms with van der Waals surface area (Å²) < 4.78 is 0. The second-order valence-electron chi connectivity index (χ2n) is 6.02. The summed E-state index contributed by atoms with van der Waals surface area (Å²) in [5, 5.41) is 0. The molecule has 0 radical (unpaired) electrons. The van der Waals surface area contributed by atoms with Crippen LogP contribution in [0.5, 0.6) is 0 Å². The second-order valence-corrected chi connectivity index (χ2v) is 6.02. The number of anilines is 1. The van der Waals surface area contributed by atoms with Crippen LogP contribution in [0.1, 0.15) is 45.2 Å². The summed E-state index contributed by atoms with van der Waals surface area (Å²) in [5.41, 5.74) is 7.13. The van der Waals surface area contributed by atoms with Gasteiger partial charge in [0, 0.05) is 18.9 Å². The minimum atomic E-state index is -0.247. The molecule has 1 aliphatic heterocycles. The van der Waals surface area contributed by atoms with E-state index in [0.29, 0.717) is 18.5 Å². The number of hydrogen-bond acceptors (Lipinski definition) is 3. The monoisotopic (exact) mass is 260 g/mol. The van der Waals surface area contributed by atoms with E-state index in [0.717, 1.165) is 5.56 Å². The van der Waals surface area contributed by atoms with Crippen molar-refractivity contribution in [3.63, 3.8) is 0 Å². The SMILES string of the molecule is CC(N)c1cccc(N2C(=O)CC(C)(C)CC2=O)c1. The minimum absolute atomic E-state index is 0.119. The maximum atomic E-state index is 12.2. The highest BCUT2D eigenvalue weighted by Gasteiger charge is 2.38. The Morgan fingerprint density at radius 3 is 2.32 bits per heavy atom. The Labute approximate surface area is 113 Å². The smallest absolute Gasteiger partial charge is 0.234 e. The first-order valence-electron chi connectivity index (χ1n) is 6.51. The fourth-order valence-corrected chi connectivity index (χ4v) is 2.41. The van der Waals surface area contributed by atoms with Crippen molar-refractivity contribution in [2.24, 2.45) is 11.1 Å². The van der Waals surface area contributed by atoms with Gasteiger partial charge in [0.1, 0.15) is 0 Å². The van der Waals surface area contributed by atoms with Gasteiger partial charge in [-0.15, -0.1) is 0 Å². The molecule has 2 N–H and O–H groups in total. The van der Waals surface area contributed by atoms with Gasteiger partial charge in [-0.1, -0.05) is 26.0 Å². The fraction of sp³-hybridized carbons (Fsp3) is 0.467. The Morgan fingerprint density at radius 1 is 1.21 bits per heavy atom. The molecule has 1 saturated heterocycles. The van der Waals surface area contributed by atoms with E-state index in [9.17, 15) is 9.59 Å². The van der Waals surface area contributed by atoms with Gasteiger partial charge in [0.25, 0.3) is 0 Å². The third kappa shape index (κ3) is 2.84. The van der Waals surface area contributed by atoms with Crippen LogP contribution < -0.4 is 10.6 Å². The van der Waals surface area contributed by atoms with Crippen LogP contribution in [-0.2, 0) is 9.59 Å². The predicted molar refractivity (Wildman–Crippen MR) is 74.6 cm³/mol. The Hall–Kier alpha value is -1.68. The summed E-state index contributed by atoms with van der Waals surface area (Å²) in [6, 6.07) is 7.20. The van der Waals surface area contributed by atoms with Crippen LogP contribution in [-0.4, -0.2) is 11.8 Å². The molecule has 1 atom stereocenters. The van der Waals surface area contributed by atoms with Gasteiger partial charge in [-0.3, -0.25) is 14.5 Å². The number of rotatable bonds is 2. The number of benzene rings is 1. The molecule has 1 fully saturated rings. The molecule has 1 unspecified atom stereocenters. The van der Waals surface area contributed by atoms with Gasteiger partial charge in [0.15, 0.2) is 0 Å². The Morgan fingerprint density at radius 2 is 1.79 bits per heavy atom. The van der Waals surface area contributed by atoms with E-state index in [4.69, 9.17) is 5.73 Å². The third-order valence-electron chi connectivity index (χ3n) is 3.41. The number of carbonyl (C=O) groups is 2. The van der Waals surface area contributed by atoms with Gasteiger partial charge in [0.05, 0.1) is 5.69 Å². The number of piperidine rings is 1. The largest absolute Gasteiger partial charge is 0.324 e. The van der Waals surface area contributed by atoms with E-state index in [-0.39, 0.29) is 23.3 Å². The highest BCUT2D eigenvalue weighted by molar-refractivity contribution is 6.16. The quantitative estimate of drug-likeness (QED) is 0.830. The van der Waals surface area contributed by atoms with Crippen molar-refractivity contribution in [2.45, 2.75) is 39.7 Å². The van der Waals surface area contributed by atoms with Crippen LogP contribution >= 0.6 is 0 Å². The van der Waals surface area contributed by atoms with E-state index in [1.807, 2.05) is 39.0 Å². The number of nitrogens with two attached hydrogens (primary N) is 1. The van der Waals surface area contributed by atoms with Crippen LogP contribution in [0.15, 0.2) is 24.3 Å². The molecule has 102 valence electrons. The van der Waals surface area contributed by atoms with Gasteiger partial charge < -0.3 is 5.73 Å². The standard InChI is InChI=1S/C15H20N2O2/c1-10(16)11-5-4-6-12(7-11)17-13(18)8-15(2,3)9-14(17)19/h4-7,10H,8-9,16H2,1-3H3. The first-order valence-corrected chi connectivity index (χ1v) is 6.51. The van der Waals surface area contributed by atoms with E-state index in [1.165, 1.54) is 4.90 Å². The first-order chi connectivity index (χ1) is 8.80. The Kier molecular flexibility index (Phi) is 3.45. The molecule has 2 rings (SSSR count). The van der Waals surface area contributed by atoms with Crippen LogP contribution in [0.4, 0.5) is 5.69 Å². The first kappa shape index (κ1) is 13.7. The molecular formula is C15H20N2O2. The molecule has 1 heterocycles. The van der Waals surface area contributed by atoms with E-state index >= 15 is 0 Å². The fourth-order valence-electron chi connectivity index (χ4n) is 2.41. The van der Waals surface area contributed by atoms with Crippen molar-refractivity contribution in [2.75, 3.05) is 4.90 Å². The van der Waals surface area contributed by atoms with Gasteiger partial charge >= 0.3 is 0 Å². The molecule has 1 aliphatic rings. The van der Waals surface area contributed by atoms with E-state index in [2.05, 4.69) is 0 Å². The summed E-state index contributed by atoms with van der Waals surface area (Å²) in [4.78, 5) is 25.6. The van der Waals surface area contributed by atoms with Crippen molar-refractivity contribution in [1.82, 2.24) is 0 Å². The highest BCUT2D eigenvalue weighted by Crippen LogP contribution is 2.34. The molecular weight excluding hydrogens is 240 g/mol. The Bertz CT molecular complexity index is 501. The number of amides is 2. The van der Waals surface area contributed by atoms with Crippen LogP contribution in [0.2, 0.25) is 0 Å². The average Bonchev–Trinajstić information content (AvgIpc) is 2.26. The Balaban J connectivity index is 2.34. The molecule has 2 amide bonds. The second kappa shape index (κ2) is 4.78. The van der Waals surface area contributed by atoms with Crippen molar-refractivity contribution in [1.29, 1.82) is 0 Å². The van der Waals surface area contributed by atoms with Crippen LogP contribution in [0.25, 0.3) is 0 Å². The maximum absolute atomic E-state index is 12.2. The topological polar surface area (TPSA) is 63.4 Å². The molecule has 0 spiro atoms. The number of nitrogens with zero attached hydrogens (tertiary/aromatic N) is 1. The molecule has 4 nitrogen and oxygen atoms in total. The third-order valence-corrected chi connectivity index (χ3v) is 3.41. The summed E-state index contributed by atoms with van der Waals surface area (Å²) in [5.74, 6) is -0.272. The normalized spacial score (nSPS) is 20.5. The molecule has 4 heteroatoms. The molecule has 1 aromatic rings. The van der Waals surface area contributed by atoms with Crippen LogP contribution in [0.3, 0.4) is 0 Å². The van der Waals surface area contributed by atoms with Gasteiger partial charge in [-0.2, -0.15) is 0 Å². The van der Waals surface area contributed by atoms with Crippen molar-refractivity contribution >= 4 is 17.5 Å². The molecule has 0 aromatic heterocycles. The zero-order chi connectivity index (χ0) is 14.2. The molecule has 0 bridgehead atoms. The summed E-state index contributed by atoms with van der Waals surface area (Å²) in [6.45, 7) is 5.76. The molecule has 1 aromatic carbocycles. The van der Waals surface area contributed by atoms with Crippen molar-refractivity contribution < 1.29 is 9.59 Å². The lowest BCUT2D eigenvalue weighted by Gasteiger charge is -2.34. The molecule has 0 aliphatic carbocycles. The number of hydrogen-bond donors (Lipinski definition) is 1. The summed E-state index contributed by atoms with van der Waals surface area (Å²) in [6.07, 6.45) is 0.780. The lowest BCUT2D eigenvalue weighted by atomic mass is 9.81.